The molecule has 0 aliphatic carbocycles. The third-order valence-electron chi connectivity index (χ3n) is 5.42. The van der Waals surface area contributed by atoms with Crippen LogP contribution in [0.3, 0.4) is 0 Å². The number of aromatic nitrogens is 6. The zero-order valence-electron chi connectivity index (χ0n) is 18.3. The third-order valence-corrected chi connectivity index (χ3v) is 5.42. The van der Waals surface area contributed by atoms with E-state index in [1.54, 1.807) is 35.4 Å². The summed E-state index contributed by atoms with van der Waals surface area (Å²) >= 11 is 0. The SMILES string of the molecule is [C-]#[N+]c1ccc2nccc(Nc3cccc(-c4nc5ncc(Nc6ccncc6)cn5n4)c3)c2c1. The normalized spacial score (nSPS) is 10.8. The van der Waals surface area contributed by atoms with Gasteiger partial charge in [0.05, 0.1) is 30.2 Å². The Kier molecular flexibility index (Phi) is 4.94. The van der Waals surface area contributed by atoms with E-state index in [0.29, 0.717) is 17.3 Å². The van der Waals surface area contributed by atoms with Gasteiger partial charge in [0, 0.05) is 46.6 Å². The summed E-state index contributed by atoms with van der Waals surface area (Å²) in [6.45, 7) is 7.31. The number of hydrogen-bond donors (Lipinski definition) is 2. The fraction of sp³-hybridized carbons (Fsp3) is 0. The first kappa shape index (κ1) is 20.3. The van der Waals surface area contributed by atoms with Gasteiger partial charge in [-0.05, 0) is 42.5 Å². The number of nitrogens with zero attached hydrogens (tertiary/aromatic N) is 7. The lowest BCUT2D eigenvalue weighted by Gasteiger charge is -2.10. The van der Waals surface area contributed by atoms with Gasteiger partial charge in [0.2, 0.25) is 0 Å². The Morgan fingerprint density at radius 2 is 1.74 bits per heavy atom. The van der Waals surface area contributed by atoms with Gasteiger partial charge in [0.15, 0.2) is 11.5 Å². The van der Waals surface area contributed by atoms with E-state index in [0.717, 1.165) is 39.2 Å². The number of fused-ring (bicyclic) bond motifs is 2. The van der Waals surface area contributed by atoms with Crippen molar-refractivity contribution in [1.82, 2.24) is 29.5 Å². The van der Waals surface area contributed by atoms with E-state index >= 15 is 0 Å². The number of nitrogens with one attached hydrogen (secondary N) is 2. The smallest absolute Gasteiger partial charge is 0.252 e. The van der Waals surface area contributed by atoms with Crippen molar-refractivity contribution >= 4 is 45.1 Å². The summed E-state index contributed by atoms with van der Waals surface area (Å²) in [6.07, 6.45) is 8.76. The van der Waals surface area contributed by atoms with Crippen molar-refractivity contribution in [3.8, 4) is 11.4 Å². The molecule has 0 unspecified atom stereocenters. The molecule has 9 nitrogen and oxygen atoms in total. The molecule has 0 fully saturated rings. The summed E-state index contributed by atoms with van der Waals surface area (Å²) in [5.41, 5.74) is 5.68. The van der Waals surface area contributed by atoms with E-state index in [9.17, 15) is 0 Å². The molecule has 4 aromatic heterocycles. The molecular weight excluding hydrogens is 438 g/mol. The molecule has 0 radical (unpaired) electrons. The zero-order valence-corrected chi connectivity index (χ0v) is 18.3. The van der Waals surface area contributed by atoms with Crippen molar-refractivity contribution in [1.29, 1.82) is 0 Å². The van der Waals surface area contributed by atoms with Crippen LogP contribution in [-0.4, -0.2) is 29.5 Å². The standard InChI is InChI=1S/C26H17N9/c1-27-19-5-6-23-22(14-19)24(9-12-29-23)32-20-4-2-3-17(13-20)25-33-26-30-15-21(16-35(26)34-25)31-18-7-10-28-11-8-18/h2-16H,(H,28,31)(H,29,32). The fourth-order valence-corrected chi connectivity index (χ4v) is 3.78. The molecule has 6 rings (SSSR count). The Morgan fingerprint density at radius 1 is 0.829 bits per heavy atom. The summed E-state index contributed by atoms with van der Waals surface area (Å²) in [6, 6.07) is 19.0. The van der Waals surface area contributed by atoms with Crippen molar-refractivity contribution in [3.63, 3.8) is 0 Å². The Morgan fingerprint density at radius 3 is 2.63 bits per heavy atom. The van der Waals surface area contributed by atoms with E-state index < -0.39 is 0 Å². The summed E-state index contributed by atoms with van der Waals surface area (Å²) in [4.78, 5) is 21.0. The van der Waals surface area contributed by atoms with Gasteiger partial charge >= 0.3 is 0 Å². The Balaban J connectivity index is 1.30. The Bertz CT molecular complexity index is 1720. The number of hydrogen-bond acceptors (Lipinski definition) is 7. The summed E-state index contributed by atoms with van der Waals surface area (Å²) in [7, 11) is 0. The molecular formula is C26H17N9. The molecule has 4 heterocycles. The van der Waals surface area contributed by atoms with Crippen LogP contribution in [0.4, 0.5) is 28.4 Å². The summed E-state index contributed by atoms with van der Waals surface area (Å²) < 4.78 is 1.65. The Hall–Kier alpha value is -5.36. The van der Waals surface area contributed by atoms with Gasteiger partial charge in [0.1, 0.15) is 0 Å². The van der Waals surface area contributed by atoms with Crippen molar-refractivity contribution < 1.29 is 0 Å². The van der Waals surface area contributed by atoms with Gasteiger partial charge in [-0.3, -0.25) is 9.97 Å². The molecule has 0 atom stereocenters. The van der Waals surface area contributed by atoms with Crippen LogP contribution in [0.1, 0.15) is 0 Å². The van der Waals surface area contributed by atoms with Crippen LogP contribution in [0.5, 0.6) is 0 Å². The molecule has 0 saturated heterocycles. The zero-order chi connectivity index (χ0) is 23.6. The van der Waals surface area contributed by atoms with Gasteiger partial charge < -0.3 is 10.6 Å². The second-order valence-electron chi connectivity index (χ2n) is 7.76. The topological polar surface area (TPSA) is 97.3 Å². The van der Waals surface area contributed by atoms with Crippen LogP contribution in [-0.2, 0) is 0 Å². The lowest BCUT2D eigenvalue weighted by atomic mass is 10.1. The molecule has 0 bridgehead atoms. The molecule has 166 valence electrons. The number of pyridine rings is 2. The van der Waals surface area contributed by atoms with E-state index in [1.807, 2.05) is 60.8 Å². The maximum Gasteiger partial charge on any atom is 0.252 e. The largest absolute Gasteiger partial charge is 0.355 e. The highest BCUT2D eigenvalue weighted by Gasteiger charge is 2.10. The van der Waals surface area contributed by atoms with Crippen LogP contribution in [0.15, 0.2) is 91.6 Å². The quantitative estimate of drug-likeness (QED) is 0.318. The minimum Gasteiger partial charge on any atom is -0.355 e. The van der Waals surface area contributed by atoms with Crippen LogP contribution >= 0.6 is 0 Å². The fourth-order valence-electron chi connectivity index (χ4n) is 3.78. The highest BCUT2D eigenvalue weighted by Crippen LogP contribution is 2.30. The average Bonchev–Trinajstić information content (AvgIpc) is 3.33. The van der Waals surface area contributed by atoms with Crippen LogP contribution in [0.25, 0.3) is 32.9 Å². The molecule has 0 aliphatic heterocycles. The van der Waals surface area contributed by atoms with Gasteiger partial charge in [-0.15, -0.1) is 5.10 Å². The van der Waals surface area contributed by atoms with Gasteiger partial charge in [-0.25, -0.2) is 14.3 Å². The molecule has 0 saturated carbocycles. The minimum absolute atomic E-state index is 0.505. The lowest BCUT2D eigenvalue weighted by Crippen LogP contribution is -1.96. The van der Waals surface area contributed by atoms with Gasteiger partial charge in [-0.1, -0.05) is 18.2 Å². The lowest BCUT2D eigenvalue weighted by molar-refractivity contribution is 0.944. The Labute approximate surface area is 200 Å². The molecule has 35 heavy (non-hydrogen) atoms. The molecule has 6 aromatic rings. The highest BCUT2D eigenvalue weighted by molar-refractivity contribution is 5.95. The third kappa shape index (κ3) is 4.07. The summed E-state index contributed by atoms with van der Waals surface area (Å²) in [5, 5.41) is 12.2. The van der Waals surface area contributed by atoms with Crippen molar-refractivity contribution in [2.24, 2.45) is 0 Å². The molecule has 2 N–H and O–H groups in total. The predicted molar refractivity (Wildman–Crippen MR) is 135 cm³/mol. The van der Waals surface area contributed by atoms with Crippen LogP contribution in [0.2, 0.25) is 0 Å². The number of benzene rings is 2. The first-order valence-corrected chi connectivity index (χ1v) is 10.8. The minimum atomic E-state index is 0.505. The summed E-state index contributed by atoms with van der Waals surface area (Å²) in [5.74, 6) is 1.07. The van der Waals surface area contributed by atoms with E-state index in [1.165, 1.54) is 0 Å². The molecule has 0 spiro atoms. The number of rotatable bonds is 5. The second kappa shape index (κ2) is 8.53. The average molecular weight is 455 g/mol. The first-order valence-electron chi connectivity index (χ1n) is 10.8. The van der Waals surface area contributed by atoms with Crippen molar-refractivity contribution in [2.45, 2.75) is 0 Å². The van der Waals surface area contributed by atoms with Gasteiger partial charge in [0.25, 0.3) is 5.78 Å². The maximum absolute atomic E-state index is 7.31. The molecule has 9 heteroatoms. The first-order chi connectivity index (χ1) is 17.2. The van der Waals surface area contributed by atoms with E-state index in [4.69, 9.17) is 6.57 Å². The second-order valence-corrected chi connectivity index (χ2v) is 7.76. The van der Waals surface area contributed by atoms with Crippen LogP contribution in [0, 0.1) is 6.57 Å². The molecule has 0 aliphatic rings. The van der Waals surface area contributed by atoms with Crippen molar-refractivity contribution in [2.75, 3.05) is 10.6 Å². The van der Waals surface area contributed by atoms with Gasteiger partial charge in [-0.2, -0.15) is 4.98 Å². The molecule has 2 aromatic carbocycles. The highest BCUT2D eigenvalue weighted by atomic mass is 15.3. The van der Waals surface area contributed by atoms with E-state index in [2.05, 4.69) is 40.5 Å². The van der Waals surface area contributed by atoms with Crippen molar-refractivity contribution in [3.05, 3.63) is 103 Å². The molecule has 0 amide bonds. The predicted octanol–water partition coefficient (Wildman–Crippen LogP) is 5.77. The monoisotopic (exact) mass is 455 g/mol. The maximum atomic E-state index is 7.31. The van der Waals surface area contributed by atoms with E-state index in [-0.39, 0.29) is 0 Å². The number of anilines is 4. The van der Waals surface area contributed by atoms with Crippen LogP contribution < -0.4 is 10.6 Å².